The molecule has 0 saturated heterocycles. The normalized spacial score (nSPS) is 20.3. The lowest BCUT2D eigenvalue weighted by Gasteiger charge is -2.38. The molecule has 2 aliphatic rings. The third-order valence-electron chi connectivity index (χ3n) is 4.62. The molecule has 1 aromatic carbocycles. The molecule has 22 heavy (non-hydrogen) atoms. The molecule has 1 spiro atoms. The molecule has 1 heterocycles. The Kier molecular flexibility index (Phi) is 3.72. The molecule has 5 nitrogen and oxygen atoms in total. The maximum Gasteiger partial charge on any atom is 0.323 e. The van der Waals surface area contributed by atoms with Crippen molar-refractivity contribution in [2.75, 3.05) is 6.54 Å². The lowest BCUT2D eigenvalue weighted by molar-refractivity contribution is -0.145. The summed E-state index contributed by atoms with van der Waals surface area (Å²) in [6.45, 7) is 1.66. The van der Waals surface area contributed by atoms with Crippen molar-refractivity contribution in [3.63, 3.8) is 0 Å². The smallest absolute Gasteiger partial charge is 0.323 e. The maximum absolute atomic E-state index is 12.8. The molecule has 1 N–H and O–H groups in total. The second-order valence-electron chi connectivity index (χ2n) is 6.10. The fourth-order valence-corrected chi connectivity index (χ4v) is 3.50. The zero-order chi connectivity index (χ0) is 15.7. The molecule has 1 aromatic rings. The number of hydrogen-bond acceptors (Lipinski definition) is 3. The van der Waals surface area contributed by atoms with Crippen molar-refractivity contribution < 1.29 is 14.7 Å². The van der Waals surface area contributed by atoms with E-state index in [4.69, 9.17) is 4.99 Å². The zero-order valence-electron chi connectivity index (χ0n) is 12.7. The van der Waals surface area contributed by atoms with Crippen LogP contribution in [-0.2, 0) is 9.59 Å². The Morgan fingerprint density at radius 1 is 1.27 bits per heavy atom. The third kappa shape index (κ3) is 2.40. The average Bonchev–Trinajstić information content (AvgIpc) is 2.74. The van der Waals surface area contributed by atoms with E-state index >= 15 is 0 Å². The topological polar surface area (TPSA) is 70.0 Å². The summed E-state index contributed by atoms with van der Waals surface area (Å²) in [6, 6.07) is 7.63. The number of aliphatic imine (C=N–C) groups is 1. The Hall–Kier alpha value is -2.17. The van der Waals surface area contributed by atoms with Crippen LogP contribution in [0.2, 0.25) is 0 Å². The molecular formula is C17H20N2O3. The van der Waals surface area contributed by atoms with Crippen molar-refractivity contribution in [3.05, 3.63) is 35.4 Å². The largest absolute Gasteiger partial charge is 0.480 e. The van der Waals surface area contributed by atoms with Gasteiger partial charge < -0.3 is 10.0 Å². The monoisotopic (exact) mass is 300 g/mol. The van der Waals surface area contributed by atoms with Crippen LogP contribution in [0.4, 0.5) is 0 Å². The molecule has 1 saturated carbocycles. The summed E-state index contributed by atoms with van der Waals surface area (Å²) in [5.74, 6) is -1.24. The lowest BCUT2D eigenvalue weighted by Crippen LogP contribution is -2.50. The lowest BCUT2D eigenvalue weighted by atomic mass is 9.88. The Balaban J connectivity index is 2.04. The molecule has 3 rings (SSSR count). The first-order chi connectivity index (χ1) is 10.5. The van der Waals surface area contributed by atoms with E-state index in [2.05, 4.69) is 0 Å². The number of rotatable bonds is 3. The molecule has 0 aromatic heterocycles. The molecule has 1 fully saturated rings. The van der Waals surface area contributed by atoms with Crippen molar-refractivity contribution >= 4 is 17.6 Å². The highest BCUT2D eigenvalue weighted by Crippen LogP contribution is 2.39. The first kappa shape index (κ1) is 14.8. The number of nitrogens with zero attached hydrogens (tertiary/aromatic N) is 2. The second kappa shape index (κ2) is 5.55. The van der Waals surface area contributed by atoms with Gasteiger partial charge in [-0.25, -0.2) is 0 Å². The van der Waals surface area contributed by atoms with Gasteiger partial charge in [-0.05, 0) is 38.2 Å². The number of hydrogen-bond donors (Lipinski definition) is 1. The van der Waals surface area contributed by atoms with Crippen LogP contribution >= 0.6 is 0 Å². The minimum absolute atomic E-state index is 0.251. The number of carbonyl (C=O) groups excluding carboxylic acids is 1. The summed E-state index contributed by atoms with van der Waals surface area (Å²) in [6.07, 6.45) is 4.58. The van der Waals surface area contributed by atoms with Gasteiger partial charge in [0, 0.05) is 5.56 Å². The van der Waals surface area contributed by atoms with E-state index < -0.39 is 11.6 Å². The van der Waals surface area contributed by atoms with E-state index in [1.54, 1.807) is 0 Å². The second-order valence-corrected chi connectivity index (χ2v) is 6.10. The van der Waals surface area contributed by atoms with Crippen LogP contribution in [0.3, 0.4) is 0 Å². The van der Waals surface area contributed by atoms with Crippen molar-refractivity contribution in [1.29, 1.82) is 0 Å². The molecule has 1 aliphatic carbocycles. The van der Waals surface area contributed by atoms with Crippen LogP contribution in [0.25, 0.3) is 0 Å². The first-order valence-corrected chi connectivity index (χ1v) is 7.73. The SMILES string of the molecule is Cc1ccccc1C1=NC2(CCCCC2)N(CC(=O)O)C1=O. The van der Waals surface area contributed by atoms with Gasteiger partial charge in [0.1, 0.15) is 17.9 Å². The zero-order valence-corrected chi connectivity index (χ0v) is 12.7. The molecular weight excluding hydrogens is 280 g/mol. The fraction of sp³-hybridized carbons (Fsp3) is 0.471. The number of aliphatic carboxylic acids is 1. The van der Waals surface area contributed by atoms with Gasteiger partial charge in [-0.2, -0.15) is 0 Å². The molecule has 0 radical (unpaired) electrons. The van der Waals surface area contributed by atoms with Crippen molar-refractivity contribution in [2.45, 2.75) is 44.7 Å². The average molecular weight is 300 g/mol. The van der Waals surface area contributed by atoms with E-state index in [0.29, 0.717) is 5.71 Å². The standard InChI is InChI=1S/C17H20N2O3/c1-12-7-3-4-8-13(12)15-16(22)19(11-14(20)21)17(18-15)9-5-2-6-10-17/h3-4,7-8H,2,5-6,9-11H2,1H3,(H,20,21). The quantitative estimate of drug-likeness (QED) is 0.931. The Morgan fingerprint density at radius 2 is 1.95 bits per heavy atom. The number of carboxylic acids is 1. The molecule has 0 atom stereocenters. The molecule has 0 unspecified atom stereocenters. The molecule has 116 valence electrons. The predicted octanol–water partition coefficient (Wildman–Crippen LogP) is 2.37. The number of carbonyl (C=O) groups is 2. The number of benzene rings is 1. The molecule has 1 aliphatic heterocycles. The van der Waals surface area contributed by atoms with E-state index in [0.717, 1.165) is 43.2 Å². The maximum atomic E-state index is 12.8. The van der Waals surface area contributed by atoms with Gasteiger partial charge in [-0.3, -0.25) is 14.6 Å². The first-order valence-electron chi connectivity index (χ1n) is 7.73. The van der Waals surface area contributed by atoms with Gasteiger partial charge in [0.05, 0.1) is 0 Å². The summed E-state index contributed by atoms with van der Waals surface area (Å²) in [7, 11) is 0. The molecule has 1 amide bonds. The van der Waals surface area contributed by atoms with Crippen molar-refractivity contribution in [3.8, 4) is 0 Å². The van der Waals surface area contributed by atoms with Gasteiger partial charge in [0.2, 0.25) is 0 Å². The van der Waals surface area contributed by atoms with Gasteiger partial charge in [-0.1, -0.05) is 30.7 Å². The van der Waals surface area contributed by atoms with Gasteiger partial charge in [-0.15, -0.1) is 0 Å². The Morgan fingerprint density at radius 3 is 2.59 bits per heavy atom. The fourth-order valence-electron chi connectivity index (χ4n) is 3.50. The van der Waals surface area contributed by atoms with Gasteiger partial charge in [0.15, 0.2) is 0 Å². The third-order valence-corrected chi connectivity index (χ3v) is 4.62. The highest BCUT2D eigenvalue weighted by molar-refractivity contribution is 6.47. The van der Waals surface area contributed by atoms with Gasteiger partial charge >= 0.3 is 5.97 Å². The van der Waals surface area contributed by atoms with E-state index in [1.807, 2.05) is 31.2 Å². The summed E-state index contributed by atoms with van der Waals surface area (Å²) < 4.78 is 0. The highest BCUT2D eigenvalue weighted by Gasteiger charge is 2.48. The van der Waals surface area contributed by atoms with Crippen LogP contribution in [-0.4, -0.2) is 39.8 Å². The van der Waals surface area contributed by atoms with E-state index in [-0.39, 0.29) is 12.5 Å². The number of carboxylic acid groups (broad SMARTS) is 1. The Bertz CT molecular complexity index is 645. The Labute approximate surface area is 129 Å². The number of aryl methyl sites for hydroxylation is 1. The van der Waals surface area contributed by atoms with Crippen LogP contribution in [0, 0.1) is 6.92 Å². The van der Waals surface area contributed by atoms with Crippen LogP contribution in [0.5, 0.6) is 0 Å². The minimum atomic E-state index is -0.987. The van der Waals surface area contributed by atoms with Crippen LogP contribution in [0.15, 0.2) is 29.3 Å². The molecule has 5 heteroatoms. The number of amides is 1. The van der Waals surface area contributed by atoms with Crippen molar-refractivity contribution in [1.82, 2.24) is 4.90 Å². The summed E-state index contributed by atoms with van der Waals surface area (Å²) in [5.41, 5.74) is 1.56. The highest BCUT2D eigenvalue weighted by atomic mass is 16.4. The molecule has 0 bridgehead atoms. The van der Waals surface area contributed by atoms with Crippen LogP contribution in [0.1, 0.15) is 43.2 Å². The van der Waals surface area contributed by atoms with Crippen LogP contribution < -0.4 is 0 Å². The summed E-state index contributed by atoms with van der Waals surface area (Å²) in [4.78, 5) is 30.2. The van der Waals surface area contributed by atoms with Crippen molar-refractivity contribution in [2.24, 2.45) is 4.99 Å². The van der Waals surface area contributed by atoms with E-state index in [9.17, 15) is 14.7 Å². The van der Waals surface area contributed by atoms with Gasteiger partial charge in [0.25, 0.3) is 5.91 Å². The minimum Gasteiger partial charge on any atom is -0.480 e. The predicted molar refractivity (Wildman–Crippen MR) is 82.9 cm³/mol. The van der Waals surface area contributed by atoms with E-state index in [1.165, 1.54) is 4.90 Å². The summed E-state index contributed by atoms with van der Waals surface area (Å²) >= 11 is 0. The summed E-state index contributed by atoms with van der Waals surface area (Å²) in [5, 5.41) is 9.17.